The first-order chi connectivity index (χ1) is 5.68. The fourth-order valence-corrected chi connectivity index (χ4v) is 0.276. The van der Waals surface area contributed by atoms with Crippen molar-refractivity contribution in [2.24, 2.45) is 0 Å². The number of rotatable bonds is 4. The van der Waals surface area contributed by atoms with Gasteiger partial charge in [-0.15, -0.1) is 0 Å². The van der Waals surface area contributed by atoms with Crippen molar-refractivity contribution in [2.75, 3.05) is 6.61 Å². The van der Waals surface area contributed by atoms with E-state index >= 15 is 0 Å². The highest BCUT2D eigenvalue weighted by Crippen LogP contribution is 2.05. The lowest BCUT2D eigenvalue weighted by Crippen LogP contribution is -1.88. The summed E-state index contributed by atoms with van der Waals surface area (Å²) in [6, 6.07) is 0. The van der Waals surface area contributed by atoms with Gasteiger partial charge in [-0.2, -0.15) is 0 Å². The van der Waals surface area contributed by atoms with Crippen LogP contribution in [-0.2, 0) is 9.53 Å². The minimum absolute atomic E-state index is 0.0895. The first-order valence-corrected chi connectivity index (χ1v) is 4.54. The molecular weight excluding hydrogens is 222 g/mol. The zero-order chi connectivity index (χ0) is 9.82. The first kappa shape index (κ1) is 14.6. The molecule has 0 radical (unpaired) electrons. The summed E-state index contributed by atoms with van der Waals surface area (Å²) in [4.78, 5) is 9.46. The van der Waals surface area contributed by atoms with Gasteiger partial charge in [-0.3, -0.25) is 4.79 Å². The Morgan fingerprint density at radius 2 is 2.00 bits per heavy atom. The number of hydrogen-bond donors (Lipinski definition) is 0. The van der Waals surface area contributed by atoms with E-state index in [2.05, 4.69) is 4.74 Å². The average molecular weight is 234 g/mol. The highest BCUT2D eigenvalue weighted by Gasteiger charge is 1.78. The molecule has 0 aliphatic heterocycles. The van der Waals surface area contributed by atoms with Crippen LogP contribution in [0.25, 0.3) is 0 Å². The lowest BCUT2D eigenvalue weighted by atomic mass is 10.4. The minimum atomic E-state index is 0.0895. The molecule has 0 atom stereocenters. The van der Waals surface area contributed by atoms with Crippen LogP contribution in [-0.4, -0.2) is 13.1 Å². The average Bonchev–Trinajstić information content (AvgIpc) is 2.07. The van der Waals surface area contributed by atoms with Crippen molar-refractivity contribution in [2.45, 2.75) is 19.8 Å². The molecule has 0 saturated heterocycles. The fraction of sp³-hybridized carbons (Fsp3) is 0.571. The molecular formula is C7H11Cl3O2. The summed E-state index contributed by atoms with van der Waals surface area (Å²) in [5, 5.41) is 0. The Bertz CT molecular complexity index is 122. The Hall–Kier alpha value is 0.0800. The van der Waals surface area contributed by atoms with E-state index in [1.165, 1.54) is 0 Å². The van der Waals surface area contributed by atoms with E-state index in [9.17, 15) is 4.79 Å². The Kier molecular flexibility index (Phi) is 16.6. The summed E-state index contributed by atoms with van der Waals surface area (Å²) in [5.41, 5.74) is 1.09. The van der Waals surface area contributed by atoms with Crippen molar-refractivity contribution in [1.82, 2.24) is 0 Å². The summed E-state index contributed by atoms with van der Waals surface area (Å²) >= 11 is 14.8. The second-order valence-corrected chi connectivity index (χ2v) is 2.95. The zero-order valence-electron chi connectivity index (χ0n) is 6.73. The van der Waals surface area contributed by atoms with Crippen LogP contribution in [0.2, 0.25) is 0 Å². The van der Waals surface area contributed by atoms with E-state index in [0.29, 0.717) is 13.1 Å². The van der Waals surface area contributed by atoms with Gasteiger partial charge in [0.1, 0.15) is 4.49 Å². The molecule has 0 aromatic rings. The molecule has 0 aromatic heterocycles. The molecule has 0 N–H and O–H groups in total. The molecule has 2 nitrogen and oxygen atoms in total. The van der Waals surface area contributed by atoms with E-state index in [4.69, 9.17) is 34.8 Å². The third-order valence-electron chi connectivity index (χ3n) is 0.766. The van der Waals surface area contributed by atoms with Gasteiger partial charge in [-0.05, 0) is 6.42 Å². The summed E-state index contributed by atoms with van der Waals surface area (Å²) in [6.45, 7) is 3.10. The highest BCUT2D eigenvalue weighted by molar-refractivity contribution is 6.58. The molecule has 0 bridgehead atoms. The third-order valence-corrected chi connectivity index (χ3v) is 1.43. The third kappa shape index (κ3) is 22.5. The molecule has 0 aliphatic carbocycles. The zero-order valence-corrected chi connectivity index (χ0v) is 8.99. The molecule has 0 fully saturated rings. The van der Waals surface area contributed by atoms with E-state index < -0.39 is 0 Å². The normalized spacial score (nSPS) is 7.67. The van der Waals surface area contributed by atoms with Gasteiger partial charge in [0.05, 0.1) is 6.61 Å². The molecule has 12 heavy (non-hydrogen) atoms. The van der Waals surface area contributed by atoms with Crippen LogP contribution in [0, 0.1) is 0 Å². The van der Waals surface area contributed by atoms with Crippen LogP contribution in [0.3, 0.4) is 0 Å². The van der Waals surface area contributed by atoms with Gasteiger partial charge in [0.25, 0.3) is 6.47 Å². The van der Waals surface area contributed by atoms with Gasteiger partial charge in [0.2, 0.25) is 0 Å². The maximum atomic E-state index is 9.46. The van der Waals surface area contributed by atoms with Crippen molar-refractivity contribution in [1.29, 1.82) is 0 Å². The smallest absolute Gasteiger partial charge is 0.293 e. The van der Waals surface area contributed by atoms with Crippen LogP contribution < -0.4 is 0 Å². The second-order valence-electron chi connectivity index (χ2n) is 1.72. The molecule has 0 saturated carbocycles. The lowest BCUT2D eigenvalue weighted by molar-refractivity contribution is -0.128. The standard InChI is InChI=1S/C5H10O2.C2HCl3/c1-2-3-4-7-5-6;3-1-2(4)5/h5H,2-4H2,1H3;1H. The van der Waals surface area contributed by atoms with Crippen molar-refractivity contribution < 1.29 is 9.53 Å². The van der Waals surface area contributed by atoms with Crippen LogP contribution in [0.4, 0.5) is 0 Å². The van der Waals surface area contributed by atoms with E-state index in [-0.39, 0.29) is 4.49 Å². The van der Waals surface area contributed by atoms with E-state index in [1.54, 1.807) is 0 Å². The van der Waals surface area contributed by atoms with Crippen molar-refractivity contribution in [3.05, 3.63) is 10.0 Å². The largest absolute Gasteiger partial charge is 0.468 e. The summed E-state index contributed by atoms with van der Waals surface area (Å²) in [7, 11) is 0. The molecule has 0 spiro atoms. The molecule has 0 amide bonds. The second kappa shape index (κ2) is 13.7. The first-order valence-electron chi connectivity index (χ1n) is 3.35. The fourth-order valence-electron chi connectivity index (χ4n) is 0.276. The minimum Gasteiger partial charge on any atom is -0.468 e. The van der Waals surface area contributed by atoms with Crippen LogP contribution in [0.5, 0.6) is 0 Å². The Morgan fingerprint density at radius 1 is 1.50 bits per heavy atom. The van der Waals surface area contributed by atoms with Gasteiger partial charge in [-0.25, -0.2) is 0 Å². The number of hydrogen-bond acceptors (Lipinski definition) is 2. The number of ether oxygens (including phenoxy) is 1. The van der Waals surface area contributed by atoms with E-state index in [1.807, 2.05) is 6.92 Å². The maximum absolute atomic E-state index is 9.46. The number of unbranched alkanes of at least 4 members (excludes halogenated alkanes) is 1. The quantitative estimate of drug-likeness (QED) is 0.549. The van der Waals surface area contributed by atoms with Gasteiger partial charge >= 0.3 is 0 Å². The topological polar surface area (TPSA) is 26.3 Å². The van der Waals surface area contributed by atoms with Gasteiger partial charge in [-0.1, -0.05) is 48.1 Å². The summed E-state index contributed by atoms with van der Waals surface area (Å²) in [6.07, 6.45) is 2.05. The number of carbonyl (C=O) groups is 1. The SMILES string of the molecule is CCCCOC=O.ClC=C(Cl)Cl. The molecule has 0 aliphatic rings. The van der Waals surface area contributed by atoms with E-state index in [0.717, 1.165) is 18.4 Å². The molecule has 0 unspecified atom stereocenters. The number of carbonyl (C=O) groups excluding carboxylic acids is 1. The van der Waals surface area contributed by atoms with Crippen LogP contribution >= 0.6 is 34.8 Å². The predicted octanol–water partition coefficient (Wildman–Crippen LogP) is 3.46. The monoisotopic (exact) mass is 232 g/mol. The van der Waals surface area contributed by atoms with Gasteiger partial charge < -0.3 is 4.74 Å². The van der Waals surface area contributed by atoms with Crippen LogP contribution in [0.15, 0.2) is 10.0 Å². The number of halogens is 3. The lowest BCUT2D eigenvalue weighted by Gasteiger charge is -1.90. The molecule has 72 valence electrons. The summed E-state index contributed by atoms with van der Waals surface area (Å²) in [5.74, 6) is 0. The predicted molar refractivity (Wildman–Crippen MR) is 52.6 cm³/mol. The van der Waals surface area contributed by atoms with Gasteiger partial charge in [0.15, 0.2) is 0 Å². The Labute approximate surface area is 87.4 Å². The van der Waals surface area contributed by atoms with Crippen molar-refractivity contribution in [3.8, 4) is 0 Å². The van der Waals surface area contributed by atoms with Crippen LogP contribution in [0.1, 0.15) is 19.8 Å². The molecule has 0 heterocycles. The van der Waals surface area contributed by atoms with Crippen molar-refractivity contribution >= 4 is 41.3 Å². The Morgan fingerprint density at radius 3 is 2.25 bits per heavy atom. The highest BCUT2D eigenvalue weighted by atomic mass is 35.5. The Balaban J connectivity index is 0. The molecule has 5 heteroatoms. The van der Waals surface area contributed by atoms with Crippen molar-refractivity contribution in [3.63, 3.8) is 0 Å². The molecule has 0 aromatic carbocycles. The van der Waals surface area contributed by atoms with Gasteiger partial charge in [0, 0.05) is 5.54 Å². The molecule has 0 rings (SSSR count). The maximum Gasteiger partial charge on any atom is 0.293 e. The summed E-state index contributed by atoms with van der Waals surface area (Å²) < 4.78 is 4.48.